The number of rotatable bonds is 3. The number of nitrogens with one attached hydrogen (secondary N) is 1. The Kier molecular flexibility index (Phi) is 3.49. The van der Waals surface area contributed by atoms with E-state index in [1.165, 1.54) is 0 Å². The number of nitrogens with zero attached hydrogens (tertiary/aromatic N) is 1. The standard InChI is InChI=1S/C12H15BrN2O/c1-8(2)16-11-4-3-9(7-10(11)13)12-14-5-6-15-12/h3-4,7-8H,5-6H2,1-2H3,(H,14,15). The van der Waals surface area contributed by atoms with Gasteiger partial charge in [0.05, 0.1) is 17.1 Å². The Hall–Kier alpha value is -1.03. The van der Waals surface area contributed by atoms with E-state index in [-0.39, 0.29) is 6.10 Å². The van der Waals surface area contributed by atoms with E-state index in [2.05, 4.69) is 26.2 Å². The van der Waals surface area contributed by atoms with Crippen LogP contribution in [-0.4, -0.2) is 25.0 Å². The largest absolute Gasteiger partial charge is 0.490 e. The molecule has 1 aliphatic rings. The summed E-state index contributed by atoms with van der Waals surface area (Å²) in [6.45, 7) is 5.82. The summed E-state index contributed by atoms with van der Waals surface area (Å²) in [5, 5.41) is 3.25. The minimum absolute atomic E-state index is 0.184. The highest BCUT2D eigenvalue weighted by atomic mass is 79.9. The molecule has 1 N–H and O–H groups in total. The first-order valence-electron chi connectivity index (χ1n) is 5.41. The molecule has 16 heavy (non-hydrogen) atoms. The summed E-state index contributed by atoms with van der Waals surface area (Å²) in [7, 11) is 0. The topological polar surface area (TPSA) is 33.6 Å². The second-order valence-electron chi connectivity index (χ2n) is 3.97. The van der Waals surface area contributed by atoms with Crippen LogP contribution in [0.3, 0.4) is 0 Å². The lowest BCUT2D eigenvalue weighted by Gasteiger charge is -2.12. The van der Waals surface area contributed by atoms with E-state index in [0.29, 0.717) is 0 Å². The van der Waals surface area contributed by atoms with Gasteiger partial charge in [-0.25, -0.2) is 0 Å². The minimum atomic E-state index is 0.184. The van der Waals surface area contributed by atoms with Crippen molar-refractivity contribution in [3.63, 3.8) is 0 Å². The van der Waals surface area contributed by atoms with Gasteiger partial charge in [0, 0.05) is 12.1 Å². The maximum absolute atomic E-state index is 5.66. The Morgan fingerprint density at radius 2 is 2.25 bits per heavy atom. The van der Waals surface area contributed by atoms with Gasteiger partial charge >= 0.3 is 0 Å². The molecule has 0 aliphatic carbocycles. The van der Waals surface area contributed by atoms with Gasteiger partial charge in [-0.05, 0) is 48.0 Å². The molecule has 0 saturated carbocycles. The first-order chi connectivity index (χ1) is 7.66. The van der Waals surface area contributed by atoms with Crippen LogP contribution in [0.2, 0.25) is 0 Å². The van der Waals surface area contributed by atoms with Gasteiger partial charge in [0.15, 0.2) is 0 Å². The summed E-state index contributed by atoms with van der Waals surface area (Å²) in [6.07, 6.45) is 0.184. The van der Waals surface area contributed by atoms with E-state index >= 15 is 0 Å². The molecule has 1 heterocycles. The third kappa shape index (κ3) is 2.55. The van der Waals surface area contributed by atoms with Crippen molar-refractivity contribution >= 4 is 21.8 Å². The van der Waals surface area contributed by atoms with Crippen molar-refractivity contribution in [2.24, 2.45) is 4.99 Å². The van der Waals surface area contributed by atoms with E-state index in [1.807, 2.05) is 32.0 Å². The zero-order chi connectivity index (χ0) is 11.5. The van der Waals surface area contributed by atoms with Gasteiger partial charge in [-0.2, -0.15) is 0 Å². The Labute approximate surface area is 104 Å². The lowest BCUT2D eigenvalue weighted by atomic mass is 10.2. The molecule has 1 aromatic rings. The van der Waals surface area contributed by atoms with Crippen molar-refractivity contribution in [2.45, 2.75) is 20.0 Å². The van der Waals surface area contributed by atoms with Gasteiger partial charge in [0.25, 0.3) is 0 Å². The fourth-order valence-corrected chi connectivity index (χ4v) is 2.06. The molecule has 0 spiro atoms. The van der Waals surface area contributed by atoms with Crippen LogP contribution in [0.15, 0.2) is 27.7 Å². The van der Waals surface area contributed by atoms with Gasteiger partial charge < -0.3 is 10.1 Å². The molecule has 1 aromatic carbocycles. The quantitative estimate of drug-likeness (QED) is 0.925. The van der Waals surface area contributed by atoms with Gasteiger partial charge in [-0.15, -0.1) is 0 Å². The van der Waals surface area contributed by atoms with Crippen LogP contribution in [0, 0.1) is 0 Å². The fraction of sp³-hybridized carbons (Fsp3) is 0.417. The van der Waals surface area contributed by atoms with Crippen LogP contribution in [0.5, 0.6) is 5.75 Å². The first-order valence-corrected chi connectivity index (χ1v) is 6.21. The number of benzene rings is 1. The van der Waals surface area contributed by atoms with Crippen LogP contribution in [0.1, 0.15) is 19.4 Å². The van der Waals surface area contributed by atoms with Crippen molar-refractivity contribution in [3.05, 3.63) is 28.2 Å². The minimum Gasteiger partial charge on any atom is -0.490 e. The summed E-state index contributed by atoms with van der Waals surface area (Å²) in [6, 6.07) is 6.04. The summed E-state index contributed by atoms with van der Waals surface area (Å²) in [5.74, 6) is 1.84. The molecule has 0 unspecified atom stereocenters. The summed E-state index contributed by atoms with van der Waals surface area (Å²) in [4.78, 5) is 4.38. The monoisotopic (exact) mass is 282 g/mol. The predicted octanol–water partition coefficient (Wildman–Crippen LogP) is 2.59. The van der Waals surface area contributed by atoms with E-state index in [0.717, 1.165) is 34.7 Å². The number of aliphatic imine (C=N–C) groups is 1. The van der Waals surface area contributed by atoms with Crippen LogP contribution in [-0.2, 0) is 0 Å². The average molecular weight is 283 g/mol. The van der Waals surface area contributed by atoms with Crippen molar-refractivity contribution in [3.8, 4) is 5.75 Å². The van der Waals surface area contributed by atoms with Crippen LogP contribution in [0.25, 0.3) is 0 Å². The van der Waals surface area contributed by atoms with Crippen molar-refractivity contribution in [1.29, 1.82) is 0 Å². The molecule has 0 aromatic heterocycles. The summed E-state index contributed by atoms with van der Waals surface area (Å²) in [5.41, 5.74) is 1.10. The van der Waals surface area contributed by atoms with Crippen LogP contribution >= 0.6 is 15.9 Å². The van der Waals surface area contributed by atoms with Gasteiger partial charge in [0.1, 0.15) is 11.6 Å². The Bertz CT molecular complexity index is 415. The zero-order valence-corrected chi connectivity index (χ0v) is 11.0. The molecule has 0 amide bonds. The Morgan fingerprint density at radius 3 is 2.81 bits per heavy atom. The Morgan fingerprint density at radius 1 is 1.44 bits per heavy atom. The highest BCUT2D eigenvalue weighted by Crippen LogP contribution is 2.27. The van der Waals surface area contributed by atoms with Gasteiger partial charge in [-0.3, -0.25) is 4.99 Å². The molecular weight excluding hydrogens is 268 g/mol. The average Bonchev–Trinajstić information content (AvgIpc) is 2.73. The van der Waals surface area contributed by atoms with E-state index in [1.54, 1.807) is 0 Å². The third-order valence-corrected chi connectivity index (χ3v) is 2.86. The highest BCUT2D eigenvalue weighted by Gasteiger charge is 2.10. The van der Waals surface area contributed by atoms with E-state index in [9.17, 15) is 0 Å². The number of hydrogen-bond donors (Lipinski definition) is 1. The molecule has 4 heteroatoms. The van der Waals surface area contributed by atoms with E-state index in [4.69, 9.17) is 4.74 Å². The molecular formula is C12H15BrN2O. The molecule has 0 fully saturated rings. The lowest BCUT2D eigenvalue weighted by Crippen LogP contribution is -2.19. The molecule has 0 atom stereocenters. The second-order valence-corrected chi connectivity index (χ2v) is 4.82. The van der Waals surface area contributed by atoms with Crippen molar-refractivity contribution < 1.29 is 4.74 Å². The molecule has 3 nitrogen and oxygen atoms in total. The molecule has 86 valence electrons. The SMILES string of the molecule is CC(C)Oc1ccc(C2=NCCN2)cc1Br. The fourth-order valence-electron chi connectivity index (χ4n) is 1.59. The summed E-state index contributed by atoms with van der Waals surface area (Å²) < 4.78 is 6.62. The third-order valence-electron chi connectivity index (χ3n) is 2.24. The molecule has 1 aliphatic heterocycles. The number of ether oxygens (including phenoxy) is 1. The predicted molar refractivity (Wildman–Crippen MR) is 69.3 cm³/mol. The normalized spacial score (nSPS) is 14.9. The highest BCUT2D eigenvalue weighted by molar-refractivity contribution is 9.10. The maximum atomic E-state index is 5.66. The molecule has 0 radical (unpaired) electrons. The molecule has 0 bridgehead atoms. The summed E-state index contributed by atoms with van der Waals surface area (Å²) >= 11 is 3.51. The number of amidine groups is 1. The zero-order valence-electron chi connectivity index (χ0n) is 9.46. The molecule has 0 saturated heterocycles. The maximum Gasteiger partial charge on any atom is 0.133 e. The van der Waals surface area contributed by atoms with Gasteiger partial charge in [-0.1, -0.05) is 0 Å². The Balaban J connectivity index is 2.22. The second kappa shape index (κ2) is 4.87. The first kappa shape index (κ1) is 11.5. The van der Waals surface area contributed by atoms with Gasteiger partial charge in [0.2, 0.25) is 0 Å². The number of halogens is 1. The van der Waals surface area contributed by atoms with Crippen molar-refractivity contribution in [2.75, 3.05) is 13.1 Å². The van der Waals surface area contributed by atoms with Crippen LogP contribution < -0.4 is 10.1 Å². The van der Waals surface area contributed by atoms with E-state index < -0.39 is 0 Å². The lowest BCUT2D eigenvalue weighted by molar-refractivity contribution is 0.241. The number of hydrogen-bond acceptors (Lipinski definition) is 3. The van der Waals surface area contributed by atoms with Crippen LogP contribution in [0.4, 0.5) is 0 Å². The smallest absolute Gasteiger partial charge is 0.133 e. The van der Waals surface area contributed by atoms with Crippen molar-refractivity contribution in [1.82, 2.24) is 5.32 Å². The molecule has 2 rings (SSSR count).